The van der Waals surface area contributed by atoms with Gasteiger partial charge in [-0.1, -0.05) is 91.9 Å². The summed E-state index contributed by atoms with van der Waals surface area (Å²) in [6, 6.07) is 23.5. The lowest BCUT2D eigenvalue weighted by Crippen LogP contribution is -2.50. The third kappa shape index (κ3) is 6.11. The Morgan fingerprint density at radius 2 is 1.23 bits per heavy atom. The van der Waals surface area contributed by atoms with Crippen LogP contribution in [0.2, 0.25) is 0 Å². The first-order valence-corrected chi connectivity index (χ1v) is 15.6. The highest BCUT2D eigenvalue weighted by Gasteiger charge is 2.49. The van der Waals surface area contributed by atoms with Gasteiger partial charge in [-0.25, -0.2) is 0 Å². The minimum Gasteiger partial charge on any atom is -0.426 e. The van der Waals surface area contributed by atoms with Crippen molar-refractivity contribution in [2.75, 3.05) is 0 Å². The number of hydrogen-bond acceptors (Lipinski definition) is 10. The van der Waals surface area contributed by atoms with E-state index in [4.69, 9.17) is 18.8 Å². The Morgan fingerprint density at radius 3 is 1.75 bits per heavy atom. The number of rotatable bonds is 9. The Balaban J connectivity index is 1.63. The summed E-state index contributed by atoms with van der Waals surface area (Å²) >= 11 is 0. The Bertz CT molecular complexity index is 1910. The van der Waals surface area contributed by atoms with Crippen molar-refractivity contribution < 1.29 is 48.0 Å². The van der Waals surface area contributed by atoms with Gasteiger partial charge in [0.1, 0.15) is 11.5 Å². The summed E-state index contributed by atoms with van der Waals surface area (Å²) in [5.41, 5.74) is -0.255. The van der Waals surface area contributed by atoms with Crippen LogP contribution in [0, 0.1) is 0 Å². The van der Waals surface area contributed by atoms with E-state index in [1.165, 1.54) is 19.1 Å². The maximum Gasteiger partial charge on any atom is 0.491 e. The molecule has 2 aliphatic rings. The minimum atomic E-state index is -1.49. The fourth-order valence-corrected chi connectivity index (χ4v) is 6.54. The lowest BCUT2D eigenvalue weighted by Gasteiger charge is -2.44. The monoisotopic (exact) mass is 646 g/mol. The van der Waals surface area contributed by atoms with E-state index in [1.807, 2.05) is 6.92 Å². The number of esters is 2. The lowest BCUT2D eigenvalue weighted by atomic mass is 9.69. The number of carbonyl (C=O) groups is 4. The van der Waals surface area contributed by atoms with Crippen molar-refractivity contribution in [3.63, 3.8) is 0 Å². The molecule has 12 heteroatoms. The zero-order valence-electron chi connectivity index (χ0n) is 26.6. The lowest BCUT2D eigenvalue weighted by molar-refractivity contribution is -0.133. The van der Waals surface area contributed by atoms with Gasteiger partial charge in [-0.05, 0) is 17.3 Å². The van der Waals surface area contributed by atoms with Crippen LogP contribution in [0.15, 0.2) is 84.9 Å². The van der Waals surface area contributed by atoms with Crippen molar-refractivity contribution in [1.29, 1.82) is 0 Å². The molecule has 0 spiro atoms. The van der Waals surface area contributed by atoms with E-state index in [9.17, 15) is 29.2 Å². The maximum atomic E-state index is 14.2. The molecule has 0 aromatic heterocycles. The summed E-state index contributed by atoms with van der Waals surface area (Å²) in [4.78, 5) is 53.7. The second kappa shape index (κ2) is 13.3. The van der Waals surface area contributed by atoms with Crippen LogP contribution in [0.4, 0.5) is 0 Å². The molecule has 2 atom stereocenters. The van der Waals surface area contributed by atoms with Crippen molar-refractivity contribution in [3.8, 4) is 11.5 Å². The van der Waals surface area contributed by atoms with Crippen LogP contribution in [-0.4, -0.2) is 53.4 Å². The molecule has 4 aromatic rings. The molecule has 242 valence electrons. The fourth-order valence-electron chi connectivity index (χ4n) is 6.54. The van der Waals surface area contributed by atoms with Gasteiger partial charge >= 0.3 is 26.2 Å². The van der Waals surface area contributed by atoms with Gasteiger partial charge in [0, 0.05) is 48.9 Å². The molecule has 6 rings (SSSR count). The molecule has 4 aromatic carbocycles. The molecule has 0 aliphatic heterocycles. The molecular weight excluding hydrogens is 614 g/mol. The van der Waals surface area contributed by atoms with Gasteiger partial charge in [0.05, 0.1) is 22.8 Å². The number of ketones is 2. The first kappa shape index (κ1) is 33.0. The smallest absolute Gasteiger partial charge is 0.426 e. The Hall–Kier alpha value is -4.87. The van der Waals surface area contributed by atoms with Crippen molar-refractivity contribution >= 4 is 48.7 Å². The molecule has 0 radical (unpaired) electrons. The molecule has 0 saturated heterocycles. The van der Waals surface area contributed by atoms with Crippen molar-refractivity contribution in [2.24, 2.45) is 0 Å². The summed E-state index contributed by atoms with van der Waals surface area (Å²) < 4.78 is 24.3. The summed E-state index contributed by atoms with van der Waals surface area (Å²) in [5, 5.41) is 22.6. The normalized spacial score (nSPS) is 17.9. The summed E-state index contributed by atoms with van der Waals surface area (Å²) in [5.74, 6) is -3.18. The zero-order chi connectivity index (χ0) is 34.2. The predicted molar refractivity (Wildman–Crippen MR) is 177 cm³/mol. The summed E-state index contributed by atoms with van der Waals surface area (Å²) in [6.07, 6.45) is -0.888. The van der Waals surface area contributed by atoms with Crippen LogP contribution in [0.1, 0.15) is 82.7 Å². The van der Waals surface area contributed by atoms with Crippen LogP contribution in [0.25, 0.3) is 0 Å². The standard InChI is InChI=1S/C36H32B2O10/c1-4-36(48-38(44)24-15-9-6-10-16-24)19-27-29(28(20-36)47-37(43)23-13-7-5-8-14-23)35(46-22(3)40)31-30(34(27)45-21(2)39)32(41)25-17-11-12-18-26(25)33(31)42/h5-18,28,43-44H,4,19-20H2,1-3H3/t28-,36-/m0/s1. The van der Waals surface area contributed by atoms with Gasteiger partial charge in [-0.3, -0.25) is 19.2 Å². The summed E-state index contributed by atoms with van der Waals surface area (Å²) in [7, 11) is -2.88. The van der Waals surface area contributed by atoms with Crippen LogP contribution in [-0.2, 0) is 25.3 Å². The highest BCUT2D eigenvalue weighted by Crippen LogP contribution is 2.53. The Labute approximate surface area is 277 Å². The summed E-state index contributed by atoms with van der Waals surface area (Å²) in [6.45, 7) is 4.17. The Kier molecular flexibility index (Phi) is 9.17. The van der Waals surface area contributed by atoms with Gasteiger partial charge < -0.3 is 28.8 Å². The topological polar surface area (TPSA) is 146 Å². The van der Waals surface area contributed by atoms with E-state index in [-0.39, 0.29) is 57.7 Å². The molecule has 0 amide bonds. The largest absolute Gasteiger partial charge is 0.491 e. The molecule has 0 saturated carbocycles. The molecule has 2 aliphatic carbocycles. The van der Waals surface area contributed by atoms with E-state index >= 15 is 0 Å². The average molecular weight is 646 g/mol. The van der Waals surface area contributed by atoms with E-state index in [0.29, 0.717) is 17.3 Å². The first-order valence-electron chi connectivity index (χ1n) is 15.6. The van der Waals surface area contributed by atoms with Gasteiger partial charge in [0.2, 0.25) is 0 Å². The molecule has 10 nitrogen and oxygen atoms in total. The highest BCUT2D eigenvalue weighted by molar-refractivity contribution is 6.60. The van der Waals surface area contributed by atoms with Gasteiger partial charge in [-0.15, -0.1) is 0 Å². The minimum absolute atomic E-state index is 0.00950. The molecule has 0 unspecified atom stereocenters. The van der Waals surface area contributed by atoms with Crippen molar-refractivity contribution in [3.05, 3.63) is 118 Å². The van der Waals surface area contributed by atoms with Crippen molar-refractivity contribution in [2.45, 2.75) is 51.7 Å². The Morgan fingerprint density at radius 1 is 0.750 bits per heavy atom. The molecule has 0 heterocycles. The van der Waals surface area contributed by atoms with E-state index in [2.05, 4.69) is 0 Å². The highest BCUT2D eigenvalue weighted by atomic mass is 16.6. The first-order chi connectivity index (χ1) is 23.0. The van der Waals surface area contributed by atoms with E-state index in [1.54, 1.807) is 72.8 Å². The van der Waals surface area contributed by atoms with Gasteiger partial charge in [0.15, 0.2) is 11.6 Å². The average Bonchev–Trinajstić information content (AvgIpc) is 3.08. The van der Waals surface area contributed by atoms with Crippen LogP contribution in [0.3, 0.4) is 0 Å². The molecular formula is C36H32B2O10. The number of benzene rings is 4. The molecule has 0 fully saturated rings. The van der Waals surface area contributed by atoms with Crippen LogP contribution < -0.4 is 20.4 Å². The molecule has 2 N–H and O–H groups in total. The van der Waals surface area contributed by atoms with Gasteiger partial charge in [-0.2, -0.15) is 0 Å². The van der Waals surface area contributed by atoms with Crippen LogP contribution >= 0.6 is 0 Å². The van der Waals surface area contributed by atoms with Crippen LogP contribution in [0.5, 0.6) is 11.5 Å². The SMILES string of the molecule is CC[C@]1(OB(O)c2ccccc2)Cc2c(OC(C)=O)c3c(c(OC(C)=O)c2[C@@H](OB(O)c2ccccc2)C1)C(=O)c1ccccc1C3=O. The number of hydrogen-bond donors (Lipinski definition) is 2. The zero-order valence-corrected chi connectivity index (χ0v) is 26.6. The van der Waals surface area contributed by atoms with E-state index < -0.39 is 49.4 Å². The second-order valence-corrected chi connectivity index (χ2v) is 11.9. The third-order valence-corrected chi connectivity index (χ3v) is 8.76. The molecule has 48 heavy (non-hydrogen) atoms. The number of carbonyl (C=O) groups excluding carboxylic acids is 4. The quantitative estimate of drug-likeness (QED) is 0.139. The predicted octanol–water partition coefficient (Wildman–Crippen LogP) is 3.26. The fraction of sp³-hybridized carbons (Fsp3) is 0.222. The maximum absolute atomic E-state index is 14.2. The molecule has 0 bridgehead atoms. The van der Waals surface area contributed by atoms with E-state index in [0.717, 1.165) is 6.92 Å². The van der Waals surface area contributed by atoms with Gasteiger partial charge in [0.25, 0.3) is 0 Å². The second-order valence-electron chi connectivity index (χ2n) is 11.9. The number of fused-ring (bicyclic) bond motifs is 3. The van der Waals surface area contributed by atoms with Crippen molar-refractivity contribution in [1.82, 2.24) is 0 Å². The third-order valence-electron chi connectivity index (χ3n) is 8.76. The number of ether oxygens (including phenoxy) is 2.